The highest BCUT2D eigenvalue weighted by Gasteiger charge is 2.31. The average molecular weight is 552 g/mol. The molecule has 5 nitrogen and oxygen atoms in total. The van der Waals surface area contributed by atoms with Crippen LogP contribution in [0, 0.1) is 0 Å². The van der Waals surface area contributed by atoms with Crippen LogP contribution in [0.3, 0.4) is 0 Å². The fraction of sp³-hybridized carbons (Fsp3) is 0.265. The Hall–Kier alpha value is -3.96. The van der Waals surface area contributed by atoms with Crippen molar-refractivity contribution >= 4 is 39.2 Å². The Kier molecular flexibility index (Phi) is 8.61. The molecule has 4 aromatic carbocycles. The molecular weight excluding hydrogens is 518 g/mol. The SMILES string of the molecule is CCCCCCN(C(=O)C(Cl)c1ccccc1)C(C)c1nc2ccccc2c(=O)n1-c1ccc2ccccc2c1. The average Bonchev–Trinajstić information content (AvgIpc) is 3.00. The first-order valence-corrected chi connectivity index (χ1v) is 14.4. The van der Waals surface area contributed by atoms with Gasteiger partial charge < -0.3 is 4.90 Å². The van der Waals surface area contributed by atoms with Gasteiger partial charge in [0, 0.05) is 6.54 Å². The van der Waals surface area contributed by atoms with Crippen LogP contribution in [0.5, 0.6) is 0 Å². The molecule has 2 unspecified atom stereocenters. The van der Waals surface area contributed by atoms with E-state index in [1.807, 2.05) is 97.9 Å². The second kappa shape index (κ2) is 12.5. The van der Waals surface area contributed by atoms with E-state index >= 15 is 0 Å². The quantitative estimate of drug-likeness (QED) is 0.130. The highest BCUT2D eigenvalue weighted by atomic mass is 35.5. The molecular formula is C34H34ClN3O2. The minimum absolute atomic E-state index is 0.161. The largest absolute Gasteiger partial charge is 0.331 e. The Labute approximate surface area is 240 Å². The molecule has 0 aliphatic carbocycles. The number of fused-ring (bicyclic) bond motifs is 2. The standard InChI is InChI=1S/C34H34ClN3O2/c1-3-4-5-13-22-37(34(40)31(35)26-15-7-6-8-16-26)24(2)32-36-30-19-12-11-18-29(30)33(39)38(32)28-21-20-25-14-9-10-17-27(25)23-28/h6-12,14-21,23-24,31H,3-5,13,22H2,1-2H3. The first-order valence-electron chi connectivity index (χ1n) is 14.0. The number of unbranched alkanes of at least 4 members (excludes halogenated alkanes) is 3. The predicted molar refractivity (Wildman–Crippen MR) is 164 cm³/mol. The van der Waals surface area contributed by atoms with E-state index in [-0.39, 0.29) is 11.5 Å². The zero-order valence-corrected chi connectivity index (χ0v) is 23.7. The number of amides is 1. The van der Waals surface area contributed by atoms with E-state index in [0.717, 1.165) is 42.0 Å². The van der Waals surface area contributed by atoms with Crippen molar-refractivity contribution in [2.24, 2.45) is 0 Å². The van der Waals surface area contributed by atoms with Crippen molar-refractivity contribution in [3.8, 4) is 5.69 Å². The highest BCUT2D eigenvalue weighted by molar-refractivity contribution is 6.30. The van der Waals surface area contributed by atoms with E-state index in [0.29, 0.717) is 29.0 Å². The van der Waals surface area contributed by atoms with Crippen molar-refractivity contribution in [1.29, 1.82) is 0 Å². The Balaban J connectivity index is 1.64. The van der Waals surface area contributed by atoms with Gasteiger partial charge in [-0.3, -0.25) is 14.2 Å². The Morgan fingerprint density at radius 3 is 2.35 bits per heavy atom. The molecule has 0 saturated heterocycles. The summed E-state index contributed by atoms with van der Waals surface area (Å²) in [4.78, 5) is 34.8. The lowest BCUT2D eigenvalue weighted by Gasteiger charge is -2.32. The fourth-order valence-corrected chi connectivity index (χ4v) is 5.52. The van der Waals surface area contributed by atoms with Crippen molar-refractivity contribution < 1.29 is 4.79 Å². The van der Waals surface area contributed by atoms with Crippen LogP contribution in [0.1, 0.15) is 62.3 Å². The van der Waals surface area contributed by atoms with Crippen molar-refractivity contribution in [2.45, 2.75) is 50.9 Å². The van der Waals surface area contributed by atoms with E-state index < -0.39 is 11.4 Å². The van der Waals surface area contributed by atoms with Gasteiger partial charge in [-0.25, -0.2) is 4.98 Å². The molecule has 0 aliphatic rings. The lowest BCUT2D eigenvalue weighted by atomic mass is 10.1. The van der Waals surface area contributed by atoms with Crippen LogP contribution in [0.4, 0.5) is 0 Å². The van der Waals surface area contributed by atoms with Gasteiger partial charge in [0.25, 0.3) is 5.56 Å². The number of benzene rings is 4. The predicted octanol–water partition coefficient (Wildman–Crippen LogP) is 7.99. The number of alkyl halides is 1. The number of hydrogen-bond donors (Lipinski definition) is 0. The number of halogens is 1. The van der Waals surface area contributed by atoms with Gasteiger partial charge >= 0.3 is 0 Å². The number of aromatic nitrogens is 2. The van der Waals surface area contributed by atoms with Crippen molar-refractivity contribution in [1.82, 2.24) is 14.5 Å². The van der Waals surface area contributed by atoms with Gasteiger partial charge in [0.15, 0.2) is 0 Å². The van der Waals surface area contributed by atoms with Gasteiger partial charge in [-0.15, -0.1) is 11.6 Å². The third kappa shape index (κ3) is 5.66. The molecule has 40 heavy (non-hydrogen) atoms. The first-order chi connectivity index (χ1) is 19.5. The van der Waals surface area contributed by atoms with E-state index in [4.69, 9.17) is 16.6 Å². The van der Waals surface area contributed by atoms with Gasteiger partial charge in [-0.1, -0.05) is 99.0 Å². The maximum atomic E-state index is 14.0. The second-order valence-electron chi connectivity index (χ2n) is 10.2. The van der Waals surface area contributed by atoms with Crippen molar-refractivity contribution in [3.05, 3.63) is 119 Å². The monoisotopic (exact) mass is 551 g/mol. The molecule has 204 valence electrons. The van der Waals surface area contributed by atoms with Crippen molar-refractivity contribution in [3.63, 3.8) is 0 Å². The summed E-state index contributed by atoms with van der Waals surface area (Å²) < 4.78 is 1.66. The van der Waals surface area contributed by atoms with Crippen LogP contribution >= 0.6 is 11.6 Å². The van der Waals surface area contributed by atoms with Crippen LogP contribution < -0.4 is 5.56 Å². The molecule has 1 heterocycles. The summed E-state index contributed by atoms with van der Waals surface area (Å²) in [5.41, 5.74) is 1.91. The molecule has 5 aromatic rings. The zero-order valence-electron chi connectivity index (χ0n) is 23.0. The summed E-state index contributed by atoms with van der Waals surface area (Å²) in [7, 11) is 0. The van der Waals surface area contributed by atoms with Gasteiger partial charge in [0.1, 0.15) is 11.2 Å². The highest BCUT2D eigenvalue weighted by Crippen LogP contribution is 2.30. The lowest BCUT2D eigenvalue weighted by Crippen LogP contribution is -2.39. The molecule has 0 aliphatic heterocycles. The van der Waals surface area contributed by atoms with E-state index in [1.165, 1.54) is 0 Å². The lowest BCUT2D eigenvalue weighted by molar-refractivity contribution is -0.133. The third-order valence-corrected chi connectivity index (χ3v) is 7.92. The number of rotatable bonds is 10. The van der Waals surface area contributed by atoms with Gasteiger partial charge in [0.05, 0.1) is 22.6 Å². The smallest absolute Gasteiger partial charge is 0.266 e. The molecule has 5 rings (SSSR count). The Bertz CT molecular complexity index is 1680. The second-order valence-corrected chi connectivity index (χ2v) is 10.6. The molecule has 0 N–H and O–H groups in total. The summed E-state index contributed by atoms with van der Waals surface area (Å²) in [6.07, 6.45) is 4.04. The maximum Gasteiger partial charge on any atom is 0.266 e. The van der Waals surface area contributed by atoms with Crippen LogP contribution in [0.2, 0.25) is 0 Å². The number of carbonyl (C=O) groups is 1. The minimum Gasteiger partial charge on any atom is -0.331 e. The molecule has 0 saturated carbocycles. The third-order valence-electron chi connectivity index (χ3n) is 7.48. The first kappa shape index (κ1) is 27.6. The molecule has 6 heteroatoms. The molecule has 0 spiro atoms. The summed E-state index contributed by atoms with van der Waals surface area (Å²) in [5, 5.41) is 1.81. The summed E-state index contributed by atoms with van der Waals surface area (Å²) >= 11 is 6.79. The summed E-state index contributed by atoms with van der Waals surface area (Å²) in [6.45, 7) is 4.63. The molecule has 0 radical (unpaired) electrons. The molecule has 1 aromatic heterocycles. The van der Waals surface area contributed by atoms with E-state index in [9.17, 15) is 9.59 Å². The van der Waals surface area contributed by atoms with Gasteiger partial charge in [-0.05, 0) is 53.9 Å². The van der Waals surface area contributed by atoms with Crippen LogP contribution in [-0.4, -0.2) is 26.9 Å². The number of carbonyl (C=O) groups excluding carboxylic acids is 1. The van der Waals surface area contributed by atoms with Crippen LogP contribution in [0.25, 0.3) is 27.4 Å². The zero-order chi connectivity index (χ0) is 28.1. The Morgan fingerprint density at radius 2 is 1.57 bits per heavy atom. The Morgan fingerprint density at radius 1 is 0.875 bits per heavy atom. The fourth-order valence-electron chi connectivity index (χ4n) is 5.25. The summed E-state index contributed by atoms with van der Waals surface area (Å²) in [5.74, 6) is 0.323. The number of hydrogen-bond acceptors (Lipinski definition) is 3. The number of nitrogens with zero attached hydrogens (tertiary/aromatic N) is 3. The minimum atomic E-state index is -0.837. The van der Waals surface area contributed by atoms with Gasteiger partial charge in [0.2, 0.25) is 5.91 Å². The molecule has 0 fully saturated rings. The normalized spacial score (nSPS) is 12.9. The topological polar surface area (TPSA) is 55.2 Å². The van der Waals surface area contributed by atoms with Crippen molar-refractivity contribution in [2.75, 3.05) is 6.54 Å². The molecule has 1 amide bonds. The van der Waals surface area contributed by atoms with Crippen LogP contribution in [-0.2, 0) is 4.79 Å². The van der Waals surface area contributed by atoms with E-state index in [1.54, 1.807) is 15.5 Å². The molecule has 2 atom stereocenters. The number of para-hydroxylation sites is 1. The van der Waals surface area contributed by atoms with Crippen LogP contribution in [0.15, 0.2) is 102 Å². The molecule has 0 bridgehead atoms. The maximum absolute atomic E-state index is 14.0. The summed E-state index contributed by atoms with van der Waals surface area (Å²) in [6, 6.07) is 30.3. The van der Waals surface area contributed by atoms with E-state index in [2.05, 4.69) is 6.92 Å². The van der Waals surface area contributed by atoms with Gasteiger partial charge in [-0.2, -0.15) is 0 Å².